The number of rotatable bonds is 3. The van der Waals surface area contributed by atoms with Gasteiger partial charge >= 0.3 is 0 Å². The van der Waals surface area contributed by atoms with Crippen molar-refractivity contribution >= 4 is 28.9 Å². The quantitative estimate of drug-likeness (QED) is 0.516. The monoisotopic (exact) mass is 310 g/mol. The van der Waals surface area contributed by atoms with Gasteiger partial charge in [-0.3, -0.25) is 14.9 Å². The highest BCUT2D eigenvalue weighted by Gasteiger charge is 2.16. The molecule has 0 aliphatic carbocycles. The van der Waals surface area contributed by atoms with E-state index in [-0.39, 0.29) is 22.0 Å². The summed E-state index contributed by atoms with van der Waals surface area (Å²) in [4.78, 5) is 21.7. The molecule has 0 unspecified atom stereocenters. The first kappa shape index (κ1) is 14.7. The molecule has 0 heterocycles. The van der Waals surface area contributed by atoms with Gasteiger partial charge in [0.2, 0.25) is 0 Å². The number of hydrogen-bond donors (Lipinski definition) is 2. The van der Waals surface area contributed by atoms with E-state index in [0.717, 1.165) is 24.3 Å². The van der Waals surface area contributed by atoms with E-state index in [9.17, 15) is 24.4 Å². The van der Waals surface area contributed by atoms with E-state index in [1.54, 1.807) is 0 Å². The number of nitro benzene ring substituents is 1. The van der Waals surface area contributed by atoms with Gasteiger partial charge in [0.05, 0.1) is 22.2 Å². The highest BCUT2D eigenvalue weighted by Crippen LogP contribution is 2.28. The molecule has 8 heteroatoms. The highest BCUT2D eigenvalue weighted by molar-refractivity contribution is 6.30. The third kappa shape index (κ3) is 3.26. The second-order valence-electron chi connectivity index (χ2n) is 4.04. The van der Waals surface area contributed by atoms with E-state index in [1.807, 2.05) is 0 Å². The molecule has 6 nitrogen and oxygen atoms in total. The number of halogens is 2. The van der Waals surface area contributed by atoms with Crippen LogP contribution in [-0.2, 0) is 0 Å². The number of carbonyl (C=O) groups excluding carboxylic acids is 1. The molecule has 2 N–H and O–H groups in total. The summed E-state index contributed by atoms with van der Waals surface area (Å²) < 4.78 is 13.6. The van der Waals surface area contributed by atoms with Crippen molar-refractivity contribution in [1.29, 1.82) is 0 Å². The van der Waals surface area contributed by atoms with Gasteiger partial charge < -0.3 is 10.4 Å². The fraction of sp³-hybridized carbons (Fsp3) is 0. The summed E-state index contributed by atoms with van der Waals surface area (Å²) in [6, 6.07) is 6.65. The van der Waals surface area contributed by atoms with E-state index in [4.69, 9.17) is 11.6 Å². The first-order chi connectivity index (χ1) is 9.88. The van der Waals surface area contributed by atoms with Gasteiger partial charge in [-0.2, -0.15) is 0 Å². The molecule has 0 aromatic heterocycles. The van der Waals surface area contributed by atoms with Crippen LogP contribution in [-0.4, -0.2) is 15.9 Å². The van der Waals surface area contributed by atoms with Gasteiger partial charge in [-0.1, -0.05) is 11.6 Å². The van der Waals surface area contributed by atoms with Gasteiger partial charge in [-0.05, 0) is 24.3 Å². The van der Waals surface area contributed by atoms with Gasteiger partial charge in [0.25, 0.3) is 11.6 Å². The van der Waals surface area contributed by atoms with Gasteiger partial charge in [0.1, 0.15) is 11.6 Å². The maximum absolute atomic E-state index is 13.6. The molecule has 21 heavy (non-hydrogen) atoms. The molecular formula is C13H8ClFN2O4. The van der Waals surface area contributed by atoms with Gasteiger partial charge in [-0.25, -0.2) is 4.39 Å². The third-order valence-corrected chi connectivity index (χ3v) is 2.85. The first-order valence-corrected chi connectivity index (χ1v) is 6.00. The van der Waals surface area contributed by atoms with Crippen LogP contribution < -0.4 is 5.32 Å². The Bertz CT molecular complexity index is 736. The van der Waals surface area contributed by atoms with Crippen molar-refractivity contribution in [2.45, 2.75) is 0 Å². The number of phenols is 1. The van der Waals surface area contributed by atoms with Crippen LogP contribution in [0.5, 0.6) is 5.75 Å². The van der Waals surface area contributed by atoms with E-state index in [0.29, 0.717) is 0 Å². The second-order valence-corrected chi connectivity index (χ2v) is 4.47. The normalized spacial score (nSPS) is 10.2. The molecular weight excluding hydrogens is 303 g/mol. The van der Waals surface area contributed by atoms with Crippen molar-refractivity contribution in [3.8, 4) is 5.75 Å². The van der Waals surface area contributed by atoms with Crippen LogP contribution in [0.25, 0.3) is 0 Å². The maximum atomic E-state index is 13.6. The lowest BCUT2D eigenvalue weighted by Gasteiger charge is -2.08. The standard InChI is InChI=1S/C13H8ClFN2O4/c14-7-1-3-9(10(15)5-7)13(19)16-11-4-2-8(17(20)21)6-12(11)18/h1-6,18H,(H,16,19). The number of non-ortho nitro benzene ring substituents is 1. The number of phenolic OH excluding ortho intramolecular Hbond substituents is 1. The Morgan fingerprint density at radius 3 is 2.57 bits per heavy atom. The van der Waals surface area contributed by atoms with Crippen LogP contribution in [0.15, 0.2) is 36.4 Å². The zero-order valence-electron chi connectivity index (χ0n) is 10.3. The number of nitrogens with zero attached hydrogens (tertiary/aromatic N) is 1. The van der Waals surface area contributed by atoms with Crippen molar-refractivity contribution in [2.24, 2.45) is 0 Å². The van der Waals surface area contributed by atoms with Crippen LogP contribution >= 0.6 is 11.6 Å². The summed E-state index contributed by atoms with van der Waals surface area (Å²) in [7, 11) is 0. The molecule has 0 aliphatic heterocycles. The Hall–Kier alpha value is -2.67. The summed E-state index contributed by atoms with van der Waals surface area (Å²) in [5, 5.41) is 22.5. The number of aromatic hydroxyl groups is 1. The van der Waals surface area contributed by atoms with Crippen molar-refractivity contribution in [3.63, 3.8) is 0 Å². The third-order valence-electron chi connectivity index (χ3n) is 2.62. The largest absolute Gasteiger partial charge is 0.506 e. The fourth-order valence-electron chi connectivity index (χ4n) is 1.60. The van der Waals surface area contributed by atoms with Crippen molar-refractivity contribution in [1.82, 2.24) is 0 Å². The van der Waals surface area contributed by atoms with Gasteiger partial charge in [-0.15, -0.1) is 0 Å². The molecule has 2 aromatic carbocycles. The fourth-order valence-corrected chi connectivity index (χ4v) is 1.76. The van der Waals surface area contributed by atoms with Crippen LogP contribution in [0.2, 0.25) is 5.02 Å². The maximum Gasteiger partial charge on any atom is 0.273 e. The molecule has 0 saturated heterocycles. The molecule has 108 valence electrons. The Labute approximate surface area is 122 Å². The number of anilines is 1. The summed E-state index contributed by atoms with van der Waals surface area (Å²) in [5.74, 6) is -2.12. The van der Waals surface area contributed by atoms with E-state index >= 15 is 0 Å². The summed E-state index contributed by atoms with van der Waals surface area (Å²) in [5.41, 5.74) is -0.666. The lowest BCUT2D eigenvalue weighted by atomic mass is 10.2. The van der Waals surface area contributed by atoms with Crippen molar-refractivity contribution < 1.29 is 19.2 Å². The first-order valence-electron chi connectivity index (χ1n) is 5.62. The molecule has 0 bridgehead atoms. The predicted octanol–water partition coefficient (Wildman–Crippen LogP) is 3.35. The molecule has 0 atom stereocenters. The summed E-state index contributed by atoms with van der Waals surface area (Å²) in [6.45, 7) is 0. The SMILES string of the molecule is O=C(Nc1ccc([N+](=O)[O-])cc1O)c1ccc(Cl)cc1F. The Morgan fingerprint density at radius 1 is 1.29 bits per heavy atom. The van der Waals surface area contributed by atoms with Crippen LogP contribution in [0.4, 0.5) is 15.8 Å². The molecule has 2 rings (SSSR count). The number of amides is 1. The molecule has 0 saturated carbocycles. The van der Waals surface area contributed by atoms with E-state index < -0.39 is 22.4 Å². The minimum Gasteiger partial charge on any atom is -0.506 e. The van der Waals surface area contributed by atoms with Crippen LogP contribution in [0.1, 0.15) is 10.4 Å². The Kier molecular flexibility index (Phi) is 4.04. The molecule has 0 aliphatic rings. The topological polar surface area (TPSA) is 92.5 Å². The number of nitrogens with one attached hydrogen (secondary N) is 1. The Morgan fingerprint density at radius 2 is 2.00 bits per heavy atom. The van der Waals surface area contributed by atoms with Crippen LogP contribution in [0, 0.1) is 15.9 Å². The summed E-state index contributed by atoms with van der Waals surface area (Å²) >= 11 is 5.58. The Balaban J connectivity index is 2.25. The van der Waals surface area contributed by atoms with Crippen molar-refractivity contribution in [3.05, 3.63) is 62.9 Å². The smallest absolute Gasteiger partial charge is 0.273 e. The minimum absolute atomic E-state index is 0.0695. The molecule has 0 radical (unpaired) electrons. The zero-order chi connectivity index (χ0) is 15.6. The number of hydrogen-bond acceptors (Lipinski definition) is 4. The number of nitro groups is 1. The number of carbonyl (C=O) groups is 1. The molecule has 1 amide bonds. The van der Waals surface area contributed by atoms with Gasteiger partial charge in [0.15, 0.2) is 0 Å². The highest BCUT2D eigenvalue weighted by atomic mass is 35.5. The van der Waals surface area contributed by atoms with Gasteiger partial charge in [0, 0.05) is 11.1 Å². The zero-order valence-corrected chi connectivity index (χ0v) is 11.1. The van der Waals surface area contributed by atoms with E-state index in [2.05, 4.69) is 5.32 Å². The lowest BCUT2D eigenvalue weighted by molar-refractivity contribution is -0.384. The average Bonchev–Trinajstić information content (AvgIpc) is 2.40. The molecule has 0 spiro atoms. The van der Waals surface area contributed by atoms with Crippen LogP contribution in [0.3, 0.4) is 0 Å². The minimum atomic E-state index is -0.818. The summed E-state index contributed by atoms with van der Waals surface area (Å²) in [6.07, 6.45) is 0. The average molecular weight is 311 g/mol. The molecule has 2 aromatic rings. The van der Waals surface area contributed by atoms with E-state index in [1.165, 1.54) is 12.1 Å². The number of benzene rings is 2. The van der Waals surface area contributed by atoms with Crippen molar-refractivity contribution in [2.75, 3.05) is 5.32 Å². The predicted molar refractivity (Wildman–Crippen MR) is 74.1 cm³/mol. The second kappa shape index (κ2) is 5.76. The lowest BCUT2D eigenvalue weighted by Crippen LogP contribution is -2.13. The molecule has 0 fully saturated rings.